The number of carbonyl (C=O) groups is 1. The van der Waals surface area contributed by atoms with Gasteiger partial charge in [-0.05, 0) is 43.2 Å². The fourth-order valence-electron chi connectivity index (χ4n) is 3.02. The average molecular weight is 372 g/mol. The molecule has 2 N–H and O–H groups in total. The van der Waals surface area contributed by atoms with Gasteiger partial charge < -0.3 is 15.5 Å². The van der Waals surface area contributed by atoms with Gasteiger partial charge in [0, 0.05) is 24.3 Å². The van der Waals surface area contributed by atoms with Crippen molar-refractivity contribution in [3.63, 3.8) is 0 Å². The van der Waals surface area contributed by atoms with Crippen molar-refractivity contribution in [1.29, 1.82) is 0 Å². The van der Waals surface area contributed by atoms with Gasteiger partial charge in [0.1, 0.15) is 11.6 Å². The third kappa shape index (κ3) is 4.61. The number of carbonyl (C=O) groups excluding carboxylic acids is 1. The summed E-state index contributed by atoms with van der Waals surface area (Å²) in [5, 5.41) is 5.97. The summed E-state index contributed by atoms with van der Waals surface area (Å²) in [5.74, 6) is -0.715. The Labute approximate surface area is 157 Å². The fourth-order valence-corrected chi connectivity index (χ4v) is 3.02. The Balaban J connectivity index is 1.63. The van der Waals surface area contributed by atoms with Crippen molar-refractivity contribution < 1.29 is 13.6 Å². The Hall–Kier alpha value is -2.96. The summed E-state index contributed by atoms with van der Waals surface area (Å²) in [6.07, 6.45) is 0.842. The highest BCUT2D eigenvalue weighted by Crippen LogP contribution is 2.27. The van der Waals surface area contributed by atoms with Crippen LogP contribution < -0.4 is 15.5 Å². The monoisotopic (exact) mass is 372 g/mol. The zero-order valence-electron chi connectivity index (χ0n) is 15.1. The lowest BCUT2D eigenvalue weighted by Gasteiger charge is -2.18. The maximum atomic E-state index is 13.7. The molecule has 0 radical (unpaired) electrons. The van der Waals surface area contributed by atoms with E-state index >= 15 is 0 Å². The summed E-state index contributed by atoms with van der Waals surface area (Å²) in [6.45, 7) is 3.16. The van der Waals surface area contributed by atoms with Gasteiger partial charge in [0.2, 0.25) is 5.91 Å². The third-order valence-corrected chi connectivity index (χ3v) is 4.35. The SMILES string of the molecule is CCNC(=NCc1cc(F)ccc1F)NCC(=O)N1CCc2ccccc21. The van der Waals surface area contributed by atoms with Crippen molar-refractivity contribution in [2.24, 2.45) is 4.99 Å². The maximum absolute atomic E-state index is 13.7. The maximum Gasteiger partial charge on any atom is 0.246 e. The van der Waals surface area contributed by atoms with Gasteiger partial charge in [-0.25, -0.2) is 13.8 Å². The molecule has 7 heteroatoms. The number of aliphatic imine (C=N–C) groups is 1. The molecule has 1 heterocycles. The summed E-state index contributed by atoms with van der Waals surface area (Å²) >= 11 is 0. The van der Waals surface area contributed by atoms with E-state index in [9.17, 15) is 13.6 Å². The number of fused-ring (bicyclic) bond motifs is 1. The minimum Gasteiger partial charge on any atom is -0.357 e. The van der Waals surface area contributed by atoms with Crippen LogP contribution in [0.15, 0.2) is 47.5 Å². The molecule has 0 atom stereocenters. The lowest BCUT2D eigenvalue weighted by atomic mass is 10.2. The molecular formula is C20H22F2N4O. The van der Waals surface area contributed by atoms with Crippen LogP contribution in [0.5, 0.6) is 0 Å². The summed E-state index contributed by atoms with van der Waals surface area (Å²) in [7, 11) is 0. The summed E-state index contributed by atoms with van der Waals surface area (Å²) in [4.78, 5) is 18.6. The smallest absolute Gasteiger partial charge is 0.246 e. The van der Waals surface area contributed by atoms with Crippen molar-refractivity contribution in [2.45, 2.75) is 19.9 Å². The molecule has 1 aliphatic rings. The Morgan fingerprint density at radius 2 is 2.00 bits per heavy atom. The van der Waals surface area contributed by atoms with E-state index in [4.69, 9.17) is 0 Å². The number of rotatable bonds is 5. The van der Waals surface area contributed by atoms with E-state index in [-0.39, 0.29) is 24.6 Å². The van der Waals surface area contributed by atoms with Crippen LogP contribution in [0.3, 0.4) is 0 Å². The quantitative estimate of drug-likeness (QED) is 0.627. The molecule has 0 saturated heterocycles. The molecule has 2 aromatic carbocycles. The van der Waals surface area contributed by atoms with Crippen LogP contribution in [-0.4, -0.2) is 31.5 Å². The first-order valence-corrected chi connectivity index (χ1v) is 8.93. The number of halogens is 2. The topological polar surface area (TPSA) is 56.7 Å². The zero-order valence-corrected chi connectivity index (χ0v) is 15.1. The second-order valence-corrected chi connectivity index (χ2v) is 6.21. The molecule has 5 nitrogen and oxygen atoms in total. The van der Waals surface area contributed by atoms with Crippen molar-refractivity contribution in [2.75, 3.05) is 24.5 Å². The number of para-hydroxylation sites is 1. The number of nitrogens with zero attached hydrogens (tertiary/aromatic N) is 2. The highest BCUT2D eigenvalue weighted by molar-refractivity contribution is 5.98. The number of benzene rings is 2. The van der Waals surface area contributed by atoms with Crippen LogP contribution in [0.1, 0.15) is 18.1 Å². The predicted molar refractivity (Wildman–Crippen MR) is 102 cm³/mol. The van der Waals surface area contributed by atoms with E-state index in [0.29, 0.717) is 19.0 Å². The van der Waals surface area contributed by atoms with Gasteiger partial charge >= 0.3 is 0 Å². The van der Waals surface area contributed by atoms with Gasteiger partial charge in [0.05, 0.1) is 13.1 Å². The van der Waals surface area contributed by atoms with E-state index in [1.54, 1.807) is 4.90 Å². The van der Waals surface area contributed by atoms with E-state index in [1.807, 2.05) is 31.2 Å². The molecule has 142 valence electrons. The molecule has 3 rings (SSSR count). The number of anilines is 1. The lowest BCUT2D eigenvalue weighted by Crippen LogP contribution is -2.44. The van der Waals surface area contributed by atoms with Crippen LogP contribution in [0.4, 0.5) is 14.5 Å². The minimum atomic E-state index is -0.513. The number of hydrogen-bond donors (Lipinski definition) is 2. The molecule has 0 aromatic heterocycles. The Bertz CT molecular complexity index is 854. The number of hydrogen-bond acceptors (Lipinski definition) is 2. The van der Waals surface area contributed by atoms with Gasteiger partial charge in [-0.2, -0.15) is 0 Å². The van der Waals surface area contributed by atoms with Crippen LogP contribution in [-0.2, 0) is 17.8 Å². The molecule has 1 aliphatic heterocycles. The van der Waals surface area contributed by atoms with Crippen molar-refractivity contribution in [3.8, 4) is 0 Å². The van der Waals surface area contributed by atoms with Gasteiger partial charge in [0.25, 0.3) is 0 Å². The second kappa shape index (κ2) is 8.62. The van der Waals surface area contributed by atoms with E-state index in [0.717, 1.165) is 35.9 Å². The van der Waals surface area contributed by atoms with E-state index in [2.05, 4.69) is 15.6 Å². The summed E-state index contributed by atoms with van der Waals surface area (Å²) < 4.78 is 27.0. The summed E-state index contributed by atoms with van der Waals surface area (Å²) in [6, 6.07) is 11.1. The molecule has 2 aromatic rings. The van der Waals surface area contributed by atoms with Gasteiger partial charge in [-0.3, -0.25) is 4.79 Å². The minimum absolute atomic E-state index is 0.0281. The predicted octanol–water partition coefficient (Wildman–Crippen LogP) is 2.61. The molecule has 0 fully saturated rings. The molecule has 0 saturated carbocycles. The van der Waals surface area contributed by atoms with Crippen LogP contribution in [0.2, 0.25) is 0 Å². The normalized spacial score (nSPS) is 13.4. The average Bonchev–Trinajstić information content (AvgIpc) is 3.10. The van der Waals surface area contributed by atoms with Gasteiger partial charge in [-0.1, -0.05) is 18.2 Å². The van der Waals surface area contributed by atoms with Crippen LogP contribution in [0.25, 0.3) is 0 Å². The van der Waals surface area contributed by atoms with Crippen LogP contribution >= 0.6 is 0 Å². The van der Waals surface area contributed by atoms with E-state index in [1.165, 1.54) is 0 Å². The largest absolute Gasteiger partial charge is 0.357 e. The molecule has 1 amide bonds. The number of amides is 1. The Kier molecular flexibility index (Phi) is 6.01. The molecule has 27 heavy (non-hydrogen) atoms. The van der Waals surface area contributed by atoms with Crippen LogP contribution in [0, 0.1) is 11.6 Å². The molecule has 0 unspecified atom stereocenters. The molecular weight excluding hydrogens is 350 g/mol. The first-order valence-electron chi connectivity index (χ1n) is 8.93. The molecule has 0 spiro atoms. The number of guanidine groups is 1. The summed E-state index contributed by atoms with van der Waals surface area (Å²) in [5.41, 5.74) is 2.26. The van der Waals surface area contributed by atoms with Crippen molar-refractivity contribution in [3.05, 3.63) is 65.2 Å². The molecule has 0 aliphatic carbocycles. The number of nitrogens with one attached hydrogen (secondary N) is 2. The van der Waals surface area contributed by atoms with Crippen molar-refractivity contribution in [1.82, 2.24) is 10.6 Å². The lowest BCUT2D eigenvalue weighted by molar-refractivity contribution is -0.117. The standard InChI is InChI=1S/C20H22F2N4O/c1-2-23-20(24-12-15-11-16(21)7-8-17(15)22)25-13-19(27)26-10-9-14-5-3-4-6-18(14)26/h3-8,11H,2,9-10,12-13H2,1H3,(H2,23,24,25). The van der Waals surface area contributed by atoms with Gasteiger partial charge in [-0.15, -0.1) is 0 Å². The Morgan fingerprint density at radius 1 is 1.19 bits per heavy atom. The van der Waals surface area contributed by atoms with Gasteiger partial charge in [0.15, 0.2) is 5.96 Å². The first kappa shape index (κ1) is 18.8. The first-order chi connectivity index (χ1) is 13.1. The molecule has 0 bridgehead atoms. The third-order valence-electron chi connectivity index (χ3n) is 4.35. The highest BCUT2D eigenvalue weighted by atomic mass is 19.1. The Morgan fingerprint density at radius 3 is 2.81 bits per heavy atom. The fraction of sp³-hybridized carbons (Fsp3) is 0.300. The van der Waals surface area contributed by atoms with E-state index < -0.39 is 11.6 Å². The van der Waals surface area contributed by atoms with Crippen molar-refractivity contribution >= 4 is 17.6 Å². The zero-order chi connectivity index (χ0) is 19.2. The highest BCUT2D eigenvalue weighted by Gasteiger charge is 2.23. The second-order valence-electron chi connectivity index (χ2n) is 6.21.